The third-order valence-electron chi connectivity index (χ3n) is 6.52. The first-order valence-electron chi connectivity index (χ1n) is 11.4. The maximum atomic E-state index is 4.54. The van der Waals surface area contributed by atoms with Crippen LogP contribution in [-0.4, -0.2) is 67.0 Å². The van der Waals surface area contributed by atoms with E-state index in [9.17, 15) is 0 Å². The van der Waals surface area contributed by atoms with E-state index in [1.165, 1.54) is 36.4 Å². The van der Waals surface area contributed by atoms with E-state index in [-0.39, 0.29) is 6.04 Å². The van der Waals surface area contributed by atoms with Crippen molar-refractivity contribution in [2.75, 3.05) is 51.7 Å². The SMILES string of the molecule is CC[NH+]1CC[NH+]([C@H](c2ccc(N(C)C)cc2)c2nnnn2CCc2ccccc2)CC1. The highest BCUT2D eigenvalue weighted by atomic mass is 15.6. The van der Waals surface area contributed by atoms with Gasteiger partial charge in [0.2, 0.25) is 5.82 Å². The number of nitrogens with zero attached hydrogens (tertiary/aromatic N) is 5. The molecular weight excluding hydrogens is 386 g/mol. The summed E-state index contributed by atoms with van der Waals surface area (Å²) in [5.74, 6) is 0.975. The Balaban J connectivity index is 1.61. The summed E-state index contributed by atoms with van der Waals surface area (Å²) in [6, 6.07) is 19.6. The first-order valence-corrected chi connectivity index (χ1v) is 11.4. The fourth-order valence-electron chi connectivity index (χ4n) is 4.56. The van der Waals surface area contributed by atoms with Gasteiger partial charge in [-0.05, 0) is 41.5 Å². The number of piperazine rings is 1. The smallest absolute Gasteiger partial charge is 0.214 e. The van der Waals surface area contributed by atoms with Crippen LogP contribution in [0.15, 0.2) is 54.6 Å². The number of tetrazole rings is 1. The Morgan fingerprint density at radius 1 is 0.968 bits per heavy atom. The van der Waals surface area contributed by atoms with E-state index >= 15 is 0 Å². The molecule has 0 bridgehead atoms. The van der Waals surface area contributed by atoms with Crippen molar-refractivity contribution in [3.63, 3.8) is 0 Å². The summed E-state index contributed by atoms with van der Waals surface area (Å²) < 4.78 is 2.02. The summed E-state index contributed by atoms with van der Waals surface area (Å²) in [4.78, 5) is 5.39. The summed E-state index contributed by atoms with van der Waals surface area (Å²) >= 11 is 0. The van der Waals surface area contributed by atoms with E-state index in [4.69, 9.17) is 0 Å². The van der Waals surface area contributed by atoms with Gasteiger partial charge >= 0.3 is 0 Å². The maximum absolute atomic E-state index is 4.54. The van der Waals surface area contributed by atoms with Crippen molar-refractivity contribution < 1.29 is 9.80 Å². The minimum absolute atomic E-state index is 0.153. The molecule has 0 saturated carbocycles. The van der Waals surface area contributed by atoms with Gasteiger partial charge in [-0.2, -0.15) is 0 Å². The van der Waals surface area contributed by atoms with Gasteiger partial charge in [0.1, 0.15) is 26.2 Å². The topological polar surface area (TPSA) is 55.7 Å². The lowest BCUT2D eigenvalue weighted by Gasteiger charge is -2.34. The number of benzene rings is 2. The van der Waals surface area contributed by atoms with Gasteiger partial charge in [0, 0.05) is 31.9 Å². The third-order valence-corrected chi connectivity index (χ3v) is 6.52. The molecule has 7 nitrogen and oxygen atoms in total. The van der Waals surface area contributed by atoms with Crippen molar-refractivity contribution >= 4 is 5.69 Å². The highest BCUT2D eigenvalue weighted by Crippen LogP contribution is 2.21. The second-order valence-corrected chi connectivity index (χ2v) is 8.68. The van der Waals surface area contributed by atoms with Gasteiger partial charge in [0.15, 0.2) is 6.04 Å². The van der Waals surface area contributed by atoms with Gasteiger partial charge in [-0.15, -0.1) is 5.10 Å². The van der Waals surface area contributed by atoms with Crippen molar-refractivity contribution in [2.24, 2.45) is 0 Å². The number of quaternary nitrogens is 2. The molecule has 3 aromatic rings. The number of aryl methyl sites for hydroxylation is 2. The molecule has 0 spiro atoms. The number of nitrogens with one attached hydrogen (secondary N) is 2. The molecule has 2 heterocycles. The van der Waals surface area contributed by atoms with Crippen molar-refractivity contribution in [3.05, 3.63) is 71.5 Å². The largest absolute Gasteiger partial charge is 0.378 e. The predicted octanol–water partition coefficient (Wildman–Crippen LogP) is -0.125. The average Bonchev–Trinajstić information content (AvgIpc) is 3.27. The van der Waals surface area contributed by atoms with Crippen LogP contribution in [0.5, 0.6) is 0 Å². The Morgan fingerprint density at radius 2 is 1.68 bits per heavy atom. The van der Waals surface area contributed by atoms with Crippen LogP contribution >= 0.6 is 0 Å². The highest BCUT2D eigenvalue weighted by Gasteiger charge is 2.35. The lowest BCUT2D eigenvalue weighted by atomic mass is 10.0. The first kappa shape index (κ1) is 21.5. The van der Waals surface area contributed by atoms with Crippen LogP contribution in [0.1, 0.15) is 29.9 Å². The molecule has 2 aromatic carbocycles. The number of likely N-dealkylation sites (N-methyl/N-ethyl adjacent to an activating group) is 1. The summed E-state index contributed by atoms with van der Waals surface area (Å²) in [7, 11) is 4.16. The molecule has 4 rings (SSSR count). The Bertz CT molecular complexity index is 928. The number of anilines is 1. The third kappa shape index (κ3) is 5.11. The van der Waals surface area contributed by atoms with Gasteiger partial charge in [-0.25, -0.2) is 4.68 Å². The molecule has 164 valence electrons. The van der Waals surface area contributed by atoms with E-state index in [2.05, 4.69) is 96.0 Å². The molecule has 7 heteroatoms. The molecule has 1 aromatic heterocycles. The second kappa shape index (κ2) is 10.0. The molecule has 0 unspecified atom stereocenters. The fraction of sp³-hybridized carbons (Fsp3) is 0.458. The lowest BCUT2D eigenvalue weighted by molar-refractivity contribution is -1.02. The highest BCUT2D eigenvalue weighted by molar-refractivity contribution is 5.46. The normalized spacial score (nSPS) is 19.8. The van der Waals surface area contributed by atoms with E-state index in [1.54, 1.807) is 9.80 Å². The van der Waals surface area contributed by atoms with Crippen LogP contribution in [0.25, 0.3) is 0 Å². The van der Waals surface area contributed by atoms with E-state index in [0.29, 0.717) is 0 Å². The van der Waals surface area contributed by atoms with Gasteiger partial charge in [0.25, 0.3) is 0 Å². The monoisotopic (exact) mass is 421 g/mol. The van der Waals surface area contributed by atoms with Crippen molar-refractivity contribution in [3.8, 4) is 0 Å². The molecule has 1 atom stereocenters. The van der Waals surface area contributed by atoms with Crippen LogP contribution in [-0.2, 0) is 13.0 Å². The van der Waals surface area contributed by atoms with Crippen molar-refractivity contribution in [1.29, 1.82) is 0 Å². The Labute approximate surface area is 185 Å². The molecule has 1 aliphatic rings. The van der Waals surface area contributed by atoms with Gasteiger partial charge in [0.05, 0.1) is 6.54 Å². The molecule has 0 aliphatic carbocycles. The molecule has 31 heavy (non-hydrogen) atoms. The molecule has 2 N–H and O–H groups in total. The number of rotatable bonds is 8. The van der Waals surface area contributed by atoms with E-state index in [0.717, 1.165) is 31.9 Å². The minimum Gasteiger partial charge on any atom is -0.378 e. The van der Waals surface area contributed by atoms with Crippen LogP contribution in [0.3, 0.4) is 0 Å². The quantitative estimate of drug-likeness (QED) is 0.532. The molecular formula is C24H35N7+2. The Kier molecular flexibility index (Phi) is 6.94. The maximum Gasteiger partial charge on any atom is 0.214 e. The van der Waals surface area contributed by atoms with Crippen molar-refractivity contribution in [1.82, 2.24) is 20.2 Å². The van der Waals surface area contributed by atoms with E-state index < -0.39 is 0 Å². The molecule has 0 radical (unpaired) electrons. The molecule has 1 saturated heterocycles. The van der Waals surface area contributed by atoms with E-state index in [1.807, 2.05) is 4.68 Å². The molecule has 1 aliphatic heterocycles. The average molecular weight is 422 g/mol. The van der Waals surface area contributed by atoms with Gasteiger partial charge in [-0.1, -0.05) is 42.5 Å². The lowest BCUT2D eigenvalue weighted by Crippen LogP contribution is -3.28. The zero-order valence-electron chi connectivity index (χ0n) is 19.0. The zero-order valence-corrected chi connectivity index (χ0v) is 19.0. The van der Waals surface area contributed by atoms with Crippen LogP contribution in [0.2, 0.25) is 0 Å². The second-order valence-electron chi connectivity index (χ2n) is 8.68. The van der Waals surface area contributed by atoms with Gasteiger partial charge < -0.3 is 14.7 Å². The predicted molar refractivity (Wildman–Crippen MR) is 123 cm³/mol. The van der Waals surface area contributed by atoms with Crippen molar-refractivity contribution in [2.45, 2.75) is 25.9 Å². The van der Waals surface area contributed by atoms with Crippen LogP contribution in [0, 0.1) is 0 Å². The minimum atomic E-state index is 0.153. The molecule has 0 amide bonds. The Morgan fingerprint density at radius 3 is 2.32 bits per heavy atom. The Hall–Kier alpha value is -2.77. The zero-order chi connectivity index (χ0) is 21.6. The summed E-state index contributed by atoms with van der Waals surface area (Å²) in [6.45, 7) is 8.93. The fourth-order valence-corrected chi connectivity index (χ4v) is 4.56. The number of hydrogen-bond donors (Lipinski definition) is 2. The molecule has 1 fully saturated rings. The van der Waals surface area contributed by atoms with Crippen LogP contribution < -0.4 is 14.7 Å². The summed E-state index contributed by atoms with van der Waals surface area (Å²) in [6.07, 6.45) is 0.925. The summed E-state index contributed by atoms with van der Waals surface area (Å²) in [5.41, 5.74) is 3.81. The van der Waals surface area contributed by atoms with Gasteiger partial charge in [-0.3, -0.25) is 0 Å². The number of aromatic nitrogens is 4. The van der Waals surface area contributed by atoms with Crippen LogP contribution in [0.4, 0.5) is 5.69 Å². The number of hydrogen-bond acceptors (Lipinski definition) is 4. The first-order chi connectivity index (χ1) is 15.2. The summed E-state index contributed by atoms with van der Waals surface area (Å²) in [5, 5.41) is 13.0. The standard InChI is InChI=1S/C24H33N7/c1-4-29-16-18-30(19-17-29)23(21-10-12-22(13-11-21)28(2)3)24-25-26-27-31(24)15-14-20-8-6-5-7-9-20/h5-13,23H,4,14-19H2,1-3H3/p+2/t23-/m1/s1.